The van der Waals surface area contributed by atoms with E-state index in [0.717, 1.165) is 11.2 Å². The molecule has 1 aliphatic rings. The molecule has 140 valence electrons. The van der Waals surface area contributed by atoms with Crippen molar-refractivity contribution in [3.8, 4) is 5.69 Å². The summed E-state index contributed by atoms with van der Waals surface area (Å²) >= 11 is 0. The molecule has 4 aromatic rings. The minimum atomic E-state index is -0.354. The molecule has 0 amide bonds. The normalized spacial score (nSPS) is 18.2. The van der Waals surface area contributed by atoms with E-state index in [1.54, 1.807) is 0 Å². The SMILES string of the molecule is CC1(C)OB(c2cccc(-n3ccc4cc5ccccc5cc43)c2)OC1(C)C. The van der Waals surface area contributed by atoms with Gasteiger partial charge in [0.15, 0.2) is 0 Å². The summed E-state index contributed by atoms with van der Waals surface area (Å²) in [7, 11) is -0.354. The second-order valence-corrected chi connectivity index (χ2v) is 8.63. The first-order chi connectivity index (χ1) is 13.3. The average Bonchev–Trinajstić information content (AvgIpc) is 3.17. The van der Waals surface area contributed by atoms with Gasteiger partial charge < -0.3 is 13.9 Å². The van der Waals surface area contributed by atoms with Gasteiger partial charge in [0, 0.05) is 17.3 Å². The van der Waals surface area contributed by atoms with Crippen molar-refractivity contribution in [2.45, 2.75) is 38.9 Å². The van der Waals surface area contributed by atoms with E-state index in [-0.39, 0.29) is 18.3 Å². The Morgan fingerprint density at radius 2 is 1.39 bits per heavy atom. The van der Waals surface area contributed by atoms with E-state index in [1.807, 2.05) is 0 Å². The van der Waals surface area contributed by atoms with Crippen LogP contribution in [0, 0.1) is 0 Å². The molecule has 0 bridgehead atoms. The van der Waals surface area contributed by atoms with Gasteiger partial charge in [-0.05, 0) is 74.3 Å². The summed E-state index contributed by atoms with van der Waals surface area (Å²) in [5.41, 5.74) is 2.67. The Labute approximate surface area is 166 Å². The largest absolute Gasteiger partial charge is 0.494 e. The second kappa shape index (κ2) is 5.97. The van der Waals surface area contributed by atoms with Gasteiger partial charge in [0.1, 0.15) is 0 Å². The Morgan fingerprint density at radius 1 is 0.714 bits per heavy atom. The first kappa shape index (κ1) is 17.5. The molecule has 0 radical (unpaired) electrons. The van der Waals surface area contributed by atoms with E-state index < -0.39 is 0 Å². The average molecular weight is 369 g/mol. The number of rotatable bonds is 2. The quantitative estimate of drug-likeness (QED) is 0.460. The minimum absolute atomic E-state index is 0.341. The predicted molar refractivity (Wildman–Crippen MR) is 116 cm³/mol. The van der Waals surface area contributed by atoms with E-state index >= 15 is 0 Å². The first-order valence-electron chi connectivity index (χ1n) is 9.80. The van der Waals surface area contributed by atoms with Crippen LogP contribution in [0.3, 0.4) is 0 Å². The van der Waals surface area contributed by atoms with Crippen LogP contribution in [0.4, 0.5) is 0 Å². The summed E-state index contributed by atoms with van der Waals surface area (Å²) in [6, 6.07) is 23.6. The smallest absolute Gasteiger partial charge is 0.399 e. The van der Waals surface area contributed by atoms with Crippen LogP contribution in [-0.4, -0.2) is 22.9 Å². The van der Waals surface area contributed by atoms with Crippen LogP contribution in [0.2, 0.25) is 0 Å². The molecule has 0 atom stereocenters. The number of fused-ring (bicyclic) bond motifs is 2. The molecule has 3 aromatic carbocycles. The lowest BCUT2D eigenvalue weighted by Gasteiger charge is -2.32. The van der Waals surface area contributed by atoms with Gasteiger partial charge in [0.2, 0.25) is 0 Å². The third-order valence-electron chi connectivity index (χ3n) is 6.23. The van der Waals surface area contributed by atoms with E-state index in [9.17, 15) is 0 Å². The lowest BCUT2D eigenvalue weighted by Crippen LogP contribution is -2.41. The molecule has 1 saturated heterocycles. The van der Waals surface area contributed by atoms with Crippen LogP contribution in [0.15, 0.2) is 72.9 Å². The molecule has 0 saturated carbocycles. The third-order valence-corrected chi connectivity index (χ3v) is 6.23. The van der Waals surface area contributed by atoms with Crippen LogP contribution >= 0.6 is 0 Å². The highest BCUT2D eigenvalue weighted by Crippen LogP contribution is 2.36. The highest BCUT2D eigenvalue weighted by molar-refractivity contribution is 6.62. The van der Waals surface area contributed by atoms with Crippen LogP contribution in [0.25, 0.3) is 27.4 Å². The highest BCUT2D eigenvalue weighted by Gasteiger charge is 2.51. The third kappa shape index (κ3) is 2.68. The first-order valence-corrected chi connectivity index (χ1v) is 9.80. The van der Waals surface area contributed by atoms with Crippen molar-refractivity contribution in [3.05, 3.63) is 72.9 Å². The standard InChI is InChI=1S/C24H24BNO2/c1-23(2)24(3,4)28-25(27-23)20-10-7-11-21(16-20)26-13-12-19-14-17-8-5-6-9-18(17)15-22(19)26/h5-16H,1-4H3. The zero-order chi connectivity index (χ0) is 19.5. The van der Waals surface area contributed by atoms with Gasteiger partial charge in [0.05, 0.1) is 16.7 Å². The van der Waals surface area contributed by atoms with Crippen molar-refractivity contribution >= 4 is 34.3 Å². The molecule has 1 aromatic heterocycles. The topological polar surface area (TPSA) is 23.4 Å². The van der Waals surface area contributed by atoms with E-state index in [4.69, 9.17) is 9.31 Å². The van der Waals surface area contributed by atoms with E-state index in [1.165, 1.54) is 21.7 Å². The van der Waals surface area contributed by atoms with Crippen LogP contribution < -0.4 is 5.46 Å². The van der Waals surface area contributed by atoms with Crippen molar-refractivity contribution in [2.24, 2.45) is 0 Å². The molecular weight excluding hydrogens is 345 g/mol. The monoisotopic (exact) mass is 369 g/mol. The molecule has 0 unspecified atom stereocenters. The van der Waals surface area contributed by atoms with Gasteiger partial charge in [0.25, 0.3) is 0 Å². The fraction of sp³-hybridized carbons (Fsp3) is 0.250. The van der Waals surface area contributed by atoms with Crippen molar-refractivity contribution in [1.29, 1.82) is 0 Å². The Morgan fingerprint density at radius 3 is 2.11 bits per heavy atom. The van der Waals surface area contributed by atoms with E-state index in [2.05, 4.69) is 105 Å². The van der Waals surface area contributed by atoms with Crippen LogP contribution in [-0.2, 0) is 9.31 Å². The molecule has 1 fully saturated rings. The van der Waals surface area contributed by atoms with E-state index in [0.29, 0.717) is 0 Å². The van der Waals surface area contributed by atoms with Crippen molar-refractivity contribution < 1.29 is 9.31 Å². The highest BCUT2D eigenvalue weighted by atomic mass is 16.7. The lowest BCUT2D eigenvalue weighted by molar-refractivity contribution is 0.00578. The molecule has 28 heavy (non-hydrogen) atoms. The molecule has 2 heterocycles. The summed E-state index contributed by atoms with van der Waals surface area (Å²) in [4.78, 5) is 0. The van der Waals surface area contributed by atoms with Crippen molar-refractivity contribution in [1.82, 2.24) is 4.57 Å². The van der Waals surface area contributed by atoms with Gasteiger partial charge >= 0.3 is 7.12 Å². The summed E-state index contributed by atoms with van der Waals surface area (Å²) in [5.74, 6) is 0. The maximum absolute atomic E-state index is 6.24. The number of nitrogens with zero attached hydrogens (tertiary/aromatic N) is 1. The van der Waals surface area contributed by atoms with Crippen molar-refractivity contribution in [2.75, 3.05) is 0 Å². The minimum Gasteiger partial charge on any atom is -0.399 e. The fourth-order valence-corrected chi connectivity index (χ4v) is 3.85. The molecule has 5 rings (SSSR count). The molecule has 1 aliphatic heterocycles. The Balaban J connectivity index is 1.58. The van der Waals surface area contributed by atoms with Gasteiger partial charge in [-0.25, -0.2) is 0 Å². The molecule has 0 spiro atoms. The maximum Gasteiger partial charge on any atom is 0.494 e. The second-order valence-electron chi connectivity index (χ2n) is 8.63. The molecular formula is C24H24BNO2. The number of hydrogen-bond acceptors (Lipinski definition) is 2. The van der Waals surface area contributed by atoms with Gasteiger partial charge in [-0.1, -0.05) is 36.4 Å². The Hall–Kier alpha value is -2.56. The lowest BCUT2D eigenvalue weighted by atomic mass is 9.79. The van der Waals surface area contributed by atoms with Gasteiger partial charge in [-0.2, -0.15) is 0 Å². The maximum atomic E-state index is 6.24. The molecule has 0 aliphatic carbocycles. The predicted octanol–water partition coefficient (Wildman–Crippen LogP) is 5.08. The Bertz CT molecular complexity index is 1180. The number of hydrogen-bond donors (Lipinski definition) is 0. The van der Waals surface area contributed by atoms with Gasteiger partial charge in [-0.15, -0.1) is 0 Å². The number of benzene rings is 3. The molecule has 3 nitrogen and oxygen atoms in total. The van der Waals surface area contributed by atoms with Crippen LogP contribution in [0.1, 0.15) is 27.7 Å². The van der Waals surface area contributed by atoms with Crippen LogP contribution in [0.5, 0.6) is 0 Å². The Kier molecular flexibility index (Phi) is 3.74. The number of aromatic nitrogens is 1. The zero-order valence-corrected chi connectivity index (χ0v) is 16.8. The summed E-state index contributed by atoms with van der Waals surface area (Å²) in [5, 5.41) is 3.75. The van der Waals surface area contributed by atoms with Gasteiger partial charge in [-0.3, -0.25) is 0 Å². The van der Waals surface area contributed by atoms with Crippen molar-refractivity contribution in [3.63, 3.8) is 0 Å². The summed E-state index contributed by atoms with van der Waals surface area (Å²) in [6.07, 6.45) is 2.13. The summed E-state index contributed by atoms with van der Waals surface area (Å²) < 4.78 is 14.7. The summed E-state index contributed by atoms with van der Waals surface area (Å²) in [6.45, 7) is 8.34. The molecule has 0 N–H and O–H groups in total. The zero-order valence-electron chi connectivity index (χ0n) is 16.8. The fourth-order valence-electron chi connectivity index (χ4n) is 3.85. The molecule has 4 heteroatoms.